The molecule has 112 valence electrons. The molecule has 0 aliphatic rings. The average Bonchev–Trinajstić information content (AvgIpc) is 2.82. The molecule has 0 saturated carbocycles. The van der Waals surface area contributed by atoms with Crippen LogP contribution in [0.5, 0.6) is 0 Å². The molecule has 8 heteroatoms. The molecule has 1 N–H and O–H groups in total. The summed E-state index contributed by atoms with van der Waals surface area (Å²) < 4.78 is 27.3. The highest BCUT2D eigenvalue weighted by Gasteiger charge is 2.24. The smallest absolute Gasteiger partial charge is 0.305 e. The fourth-order valence-corrected chi connectivity index (χ4v) is 3.09. The first-order valence-corrected chi connectivity index (χ1v) is 7.60. The van der Waals surface area contributed by atoms with Crippen LogP contribution in [-0.2, 0) is 21.4 Å². The van der Waals surface area contributed by atoms with Gasteiger partial charge in [-0.2, -0.15) is 9.40 Å². The SMILES string of the molecule is C=C(C)CN(CC)S(=O)(=O)c1cnn(CCC(=O)O)c1. The van der Waals surface area contributed by atoms with Gasteiger partial charge in [0.25, 0.3) is 0 Å². The summed E-state index contributed by atoms with van der Waals surface area (Å²) in [5.74, 6) is -0.956. The van der Waals surface area contributed by atoms with E-state index >= 15 is 0 Å². The largest absolute Gasteiger partial charge is 0.481 e. The van der Waals surface area contributed by atoms with Crippen LogP contribution in [0, 0.1) is 0 Å². The van der Waals surface area contributed by atoms with E-state index in [2.05, 4.69) is 11.7 Å². The number of sulfonamides is 1. The molecule has 0 aliphatic heterocycles. The third kappa shape index (κ3) is 4.17. The summed E-state index contributed by atoms with van der Waals surface area (Å²) >= 11 is 0. The van der Waals surface area contributed by atoms with E-state index in [0.717, 1.165) is 5.57 Å². The minimum absolute atomic E-state index is 0.0611. The maximum absolute atomic E-state index is 12.4. The molecule has 1 rings (SSSR count). The first-order valence-electron chi connectivity index (χ1n) is 6.16. The average molecular weight is 301 g/mol. The molecule has 0 saturated heterocycles. The van der Waals surface area contributed by atoms with Crippen LogP contribution in [0.3, 0.4) is 0 Å². The molecule has 0 aliphatic carbocycles. The highest BCUT2D eigenvalue weighted by molar-refractivity contribution is 7.89. The quantitative estimate of drug-likeness (QED) is 0.721. The number of nitrogens with zero attached hydrogens (tertiary/aromatic N) is 3. The Hall–Kier alpha value is -1.67. The lowest BCUT2D eigenvalue weighted by molar-refractivity contribution is -0.137. The molecule has 0 aromatic carbocycles. The Bertz CT molecular complexity index is 592. The van der Waals surface area contributed by atoms with Crippen molar-refractivity contribution in [2.45, 2.75) is 31.7 Å². The van der Waals surface area contributed by atoms with Gasteiger partial charge in [-0.05, 0) is 6.92 Å². The molecule has 0 amide bonds. The van der Waals surface area contributed by atoms with E-state index in [9.17, 15) is 13.2 Å². The van der Waals surface area contributed by atoms with Gasteiger partial charge in [-0.15, -0.1) is 0 Å². The van der Waals surface area contributed by atoms with Crippen LogP contribution < -0.4 is 0 Å². The van der Waals surface area contributed by atoms with Crippen molar-refractivity contribution in [2.24, 2.45) is 0 Å². The van der Waals surface area contributed by atoms with Gasteiger partial charge in [-0.3, -0.25) is 9.48 Å². The normalized spacial score (nSPS) is 11.8. The van der Waals surface area contributed by atoms with Crippen molar-refractivity contribution in [3.05, 3.63) is 24.5 Å². The van der Waals surface area contributed by atoms with Crippen LogP contribution in [0.25, 0.3) is 0 Å². The van der Waals surface area contributed by atoms with Crippen molar-refractivity contribution in [3.63, 3.8) is 0 Å². The van der Waals surface area contributed by atoms with Crippen molar-refractivity contribution >= 4 is 16.0 Å². The second-order valence-corrected chi connectivity index (χ2v) is 6.41. The number of carboxylic acid groups (broad SMARTS) is 1. The Morgan fingerprint density at radius 3 is 2.70 bits per heavy atom. The van der Waals surface area contributed by atoms with E-state index in [4.69, 9.17) is 5.11 Å². The van der Waals surface area contributed by atoms with E-state index < -0.39 is 16.0 Å². The van der Waals surface area contributed by atoms with Gasteiger partial charge >= 0.3 is 5.97 Å². The molecule has 0 radical (unpaired) electrons. The van der Waals surface area contributed by atoms with E-state index in [-0.39, 0.29) is 24.4 Å². The van der Waals surface area contributed by atoms with Crippen molar-refractivity contribution in [1.82, 2.24) is 14.1 Å². The number of hydrogen-bond acceptors (Lipinski definition) is 4. The summed E-state index contributed by atoms with van der Waals surface area (Å²) in [4.78, 5) is 10.5. The van der Waals surface area contributed by atoms with Crippen LogP contribution in [0.4, 0.5) is 0 Å². The zero-order valence-electron chi connectivity index (χ0n) is 11.6. The topological polar surface area (TPSA) is 92.5 Å². The lowest BCUT2D eigenvalue weighted by Gasteiger charge is -2.19. The van der Waals surface area contributed by atoms with Crippen molar-refractivity contribution in [3.8, 4) is 0 Å². The molecule has 1 aromatic rings. The van der Waals surface area contributed by atoms with E-state index in [0.29, 0.717) is 6.54 Å². The zero-order chi connectivity index (χ0) is 15.3. The molecule has 1 heterocycles. The van der Waals surface area contributed by atoms with E-state index in [1.807, 2.05) is 0 Å². The third-order valence-corrected chi connectivity index (χ3v) is 4.47. The highest BCUT2D eigenvalue weighted by atomic mass is 32.2. The van der Waals surface area contributed by atoms with Gasteiger partial charge in [0.15, 0.2) is 0 Å². The lowest BCUT2D eigenvalue weighted by atomic mass is 10.3. The number of aromatic nitrogens is 2. The first kappa shape index (κ1) is 16.4. The second-order valence-electron chi connectivity index (χ2n) is 4.47. The number of aliphatic carboxylic acids is 1. The first-order chi connectivity index (χ1) is 9.27. The van der Waals surface area contributed by atoms with Crippen LogP contribution in [-0.4, -0.2) is 46.7 Å². The number of hydrogen-bond donors (Lipinski definition) is 1. The predicted molar refractivity (Wildman–Crippen MR) is 73.7 cm³/mol. The van der Waals surface area contributed by atoms with Gasteiger partial charge in [-0.1, -0.05) is 19.1 Å². The van der Waals surface area contributed by atoms with Crippen molar-refractivity contribution < 1.29 is 18.3 Å². The Balaban J connectivity index is 2.91. The lowest BCUT2D eigenvalue weighted by Crippen LogP contribution is -2.32. The Labute approximate surface area is 118 Å². The van der Waals surface area contributed by atoms with E-state index in [1.165, 1.54) is 21.4 Å². The summed E-state index contributed by atoms with van der Waals surface area (Å²) in [6, 6.07) is 0. The molecule has 0 atom stereocenters. The maximum Gasteiger partial charge on any atom is 0.305 e. The maximum atomic E-state index is 12.4. The Morgan fingerprint density at radius 2 is 2.20 bits per heavy atom. The summed E-state index contributed by atoms with van der Waals surface area (Å²) in [6.45, 7) is 7.93. The molecule has 0 bridgehead atoms. The van der Waals surface area contributed by atoms with Gasteiger partial charge in [0, 0.05) is 19.3 Å². The number of aryl methyl sites for hydroxylation is 1. The Morgan fingerprint density at radius 1 is 1.55 bits per heavy atom. The molecule has 1 aromatic heterocycles. The molecule has 7 nitrogen and oxygen atoms in total. The van der Waals surface area contributed by atoms with Crippen LogP contribution in [0.1, 0.15) is 20.3 Å². The minimum atomic E-state index is -3.62. The second kappa shape index (κ2) is 6.67. The van der Waals surface area contributed by atoms with Crippen molar-refractivity contribution in [1.29, 1.82) is 0 Å². The van der Waals surface area contributed by atoms with Gasteiger partial charge < -0.3 is 5.11 Å². The highest BCUT2D eigenvalue weighted by Crippen LogP contribution is 2.15. The van der Waals surface area contributed by atoms with Crippen molar-refractivity contribution in [2.75, 3.05) is 13.1 Å². The number of likely N-dealkylation sites (N-methyl/N-ethyl adjacent to an activating group) is 1. The molecule has 0 spiro atoms. The summed E-state index contributed by atoms with van der Waals surface area (Å²) in [5.41, 5.74) is 0.744. The molecule has 0 fully saturated rings. The number of carboxylic acids is 1. The van der Waals surface area contributed by atoms with Crippen LogP contribution >= 0.6 is 0 Å². The number of carbonyl (C=O) groups is 1. The standard InChI is InChI=1S/C12H19N3O4S/c1-4-15(8-10(2)3)20(18,19)11-7-13-14(9-11)6-5-12(16)17/h7,9H,2,4-6,8H2,1,3H3,(H,16,17). The van der Waals surface area contributed by atoms with Gasteiger partial charge in [0.2, 0.25) is 10.0 Å². The molecule has 0 unspecified atom stereocenters. The summed E-state index contributed by atoms with van der Waals surface area (Å²) in [7, 11) is -3.62. The van der Waals surface area contributed by atoms with Crippen LogP contribution in [0.15, 0.2) is 29.4 Å². The fourth-order valence-electron chi connectivity index (χ4n) is 1.63. The van der Waals surface area contributed by atoms with Gasteiger partial charge in [0.1, 0.15) is 4.90 Å². The molecule has 20 heavy (non-hydrogen) atoms. The number of rotatable bonds is 8. The van der Waals surface area contributed by atoms with E-state index in [1.54, 1.807) is 13.8 Å². The summed E-state index contributed by atoms with van der Waals surface area (Å²) in [5, 5.41) is 12.5. The predicted octanol–water partition coefficient (Wildman–Crippen LogP) is 0.944. The molecular weight excluding hydrogens is 282 g/mol. The minimum Gasteiger partial charge on any atom is -0.481 e. The Kier molecular flexibility index (Phi) is 5.46. The van der Waals surface area contributed by atoms with Gasteiger partial charge in [-0.25, -0.2) is 8.42 Å². The monoisotopic (exact) mass is 301 g/mol. The fraction of sp³-hybridized carbons (Fsp3) is 0.500. The zero-order valence-corrected chi connectivity index (χ0v) is 12.4. The molecular formula is C12H19N3O4S. The van der Waals surface area contributed by atoms with Gasteiger partial charge in [0.05, 0.1) is 19.2 Å². The summed E-state index contributed by atoms with van der Waals surface area (Å²) in [6.07, 6.45) is 2.47. The van der Waals surface area contributed by atoms with Crippen LogP contribution in [0.2, 0.25) is 0 Å². The third-order valence-electron chi connectivity index (χ3n) is 2.60.